The zero-order valence-corrected chi connectivity index (χ0v) is 8.99. The molecule has 1 aromatic rings. The lowest BCUT2D eigenvalue weighted by Gasteiger charge is -2.02. The molecule has 5 heteroatoms. The number of halogens is 1. The highest BCUT2D eigenvalue weighted by atomic mass is 35.5. The molecule has 0 aromatic heterocycles. The van der Waals surface area contributed by atoms with Gasteiger partial charge in [0.2, 0.25) is 5.91 Å². The van der Waals surface area contributed by atoms with Crippen molar-refractivity contribution in [3.8, 4) is 0 Å². The third-order valence-electron chi connectivity index (χ3n) is 1.58. The molecule has 0 aliphatic heterocycles. The van der Waals surface area contributed by atoms with Gasteiger partial charge in [0, 0.05) is 10.7 Å². The van der Waals surface area contributed by atoms with Crippen LogP contribution in [-0.2, 0) is 9.63 Å². The van der Waals surface area contributed by atoms with Gasteiger partial charge in [0.05, 0.1) is 12.6 Å². The first-order valence-electron chi connectivity index (χ1n) is 4.33. The molecular weight excluding hydrogens is 216 g/mol. The van der Waals surface area contributed by atoms with Crippen LogP contribution in [0.3, 0.4) is 0 Å². The topological polar surface area (TPSA) is 50.7 Å². The van der Waals surface area contributed by atoms with Crippen LogP contribution in [0.5, 0.6) is 0 Å². The monoisotopic (exact) mass is 226 g/mol. The maximum absolute atomic E-state index is 11.3. The van der Waals surface area contributed by atoms with E-state index in [0.717, 1.165) is 0 Å². The maximum atomic E-state index is 11.3. The van der Waals surface area contributed by atoms with E-state index in [4.69, 9.17) is 11.6 Å². The van der Waals surface area contributed by atoms with E-state index in [1.165, 1.54) is 13.3 Å². The molecule has 1 N–H and O–H groups in total. The van der Waals surface area contributed by atoms with Crippen LogP contribution in [0.15, 0.2) is 29.4 Å². The second-order valence-electron chi connectivity index (χ2n) is 2.73. The lowest BCUT2D eigenvalue weighted by molar-refractivity contribution is -0.115. The van der Waals surface area contributed by atoms with Gasteiger partial charge in [-0.15, -0.1) is 0 Å². The lowest BCUT2D eigenvalue weighted by Crippen LogP contribution is -2.11. The van der Waals surface area contributed by atoms with Crippen LogP contribution in [0.1, 0.15) is 6.42 Å². The molecule has 0 aliphatic carbocycles. The Kier molecular flexibility index (Phi) is 4.63. The number of carbonyl (C=O) groups excluding carboxylic acids is 1. The first-order valence-corrected chi connectivity index (χ1v) is 4.70. The summed E-state index contributed by atoms with van der Waals surface area (Å²) in [7, 11) is 1.42. The summed E-state index contributed by atoms with van der Waals surface area (Å²) in [5.74, 6) is -0.155. The highest BCUT2D eigenvalue weighted by Gasteiger charge is 1.99. The van der Waals surface area contributed by atoms with Gasteiger partial charge >= 0.3 is 0 Å². The molecule has 80 valence electrons. The summed E-state index contributed by atoms with van der Waals surface area (Å²) in [5, 5.41) is 6.78. The van der Waals surface area contributed by atoms with Gasteiger partial charge < -0.3 is 10.2 Å². The van der Waals surface area contributed by atoms with Crippen LogP contribution in [0.4, 0.5) is 5.69 Å². The molecular formula is C10H11ClN2O2. The summed E-state index contributed by atoms with van der Waals surface area (Å²) in [6.45, 7) is 0. The number of hydrogen-bond donors (Lipinski definition) is 1. The van der Waals surface area contributed by atoms with Crippen molar-refractivity contribution in [1.29, 1.82) is 0 Å². The predicted molar refractivity (Wildman–Crippen MR) is 60.2 cm³/mol. The lowest BCUT2D eigenvalue weighted by atomic mass is 10.3. The molecule has 1 rings (SSSR count). The van der Waals surface area contributed by atoms with Crippen molar-refractivity contribution in [3.63, 3.8) is 0 Å². The summed E-state index contributed by atoms with van der Waals surface area (Å²) in [4.78, 5) is 15.7. The average molecular weight is 227 g/mol. The van der Waals surface area contributed by atoms with Gasteiger partial charge in [-0.25, -0.2) is 0 Å². The van der Waals surface area contributed by atoms with Crippen LogP contribution >= 0.6 is 11.6 Å². The zero-order chi connectivity index (χ0) is 11.1. The molecule has 0 saturated carbocycles. The third-order valence-corrected chi connectivity index (χ3v) is 1.84. The molecule has 0 saturated heterocycles. The molecule has 1 aromatic carbocycles. The Morgan fingerprint density at radius 3 is 2.80 bits per heavy atom. The van der Waals surface area contributed by atoms with E-state index in [0.29, 0.717) is 10.7 Å². The minimum atomic E-state index is -0.155. The van der Waals surface area contributed by atoms with Gasteiger partial charge in [-0.3, -0.25) is 4.79 Å². The summed E-state index contributed by atoms with van der Waals surface area (Å²) >= 11 is 5.70. The predicted octanol–water partition coefficient (Wildman–Crippen LogP) is 2.30. The Labute approximate surface area is 92.9 Å². The highest BCUT2D eigenvalue weighted by molar-refractivity contribution is 6.30. The van der Waals surface area contributed by atoms with Crippen LogP contribution < -0.4 is 5.32 Å². The van der Waals surface area contributed by atoms with E-state index in [1.807, 2.05) is 0 Å². The van der Waals surface area contributed by atoms with E-state index in [9.17, 15) is 4.79 Å². The average Bonchev–Trinajstić information content (AvgIpc) is 2.22. The molecule has 4 nitrogen and oxygen atoms in total. The molecule has 0 heterocycles. The number of oxime groups is 1. The van der Waals surface area contributed by atoms with Crippen molar-refractivity contribution in [2.45, 2.75) is 6.42 Å². The molecule has 1 amide bonds. The van der Waals surface area contributed by atoms with Gasteiger partial charge in [-0.1, -0.05) is 16.8 Å². The van der Waals surface area contributed by atoms with E-state index in [2.05, 4.69) is 15.3 Å². The fourth-order valence-corrected chi connectivity index (χ4v) is 1.07. The molecule has 0 bridgehead atoms. The number of carbonyl (C=O) groups is 1. The van der Waals surface area contributed by atoms with Crippen molar-refractivity contribution < 1.29 is 9.63 Å². The van der Waals surface area contributed by atoms with Crippen LogP contribution in [0.25, 0.3) is 0 Å². The quantitative estimate of drug-likeness (QED) is 0.633. The summed E-state index contributed by atoms with van der Waals surface area (Å²) in [6, 6.07) is 6.88. The Morgan fingerprint density at radius 1 is 1.53 bits per heavy atom. The minimum absolute atomic E-state index is 0.155. The number of rotatable bonds is 4. The second-order valence-corrected chi connectivity index (χ2v) is 3.17. The van der Waals surface area contributed by atoms with E-state index in [-0.39, 0.29) is 12.3 Å². The number of anilines is 1. The zero-order valence-electron chi connectivity index (χ0n) is 8.24. The maximum Gasteiger partial charge on any atom is 0.229 e. The summed E-state index contributed by atoms with van der Waals surface area (Å²) < 4.78 is 0. The smallest absolute Gasteiger partial charge is 0.229 e. The largest absolute Gasteiger partial charge is 0.399 e. The molecule has 0 unspecified atom stereocenters. The fraction of sp³-hybridized carbons (Fsp3) is 0.200. The molecule has 0 fully saturated rings. The van der Waals surface area contributed by atoms with E-state index < -0.39 is 0 Å². The third kappa shape index (κ3) is 4.46. The van der Waals surface area contributed by atoms with Gasteiger partial charge in [0.25, 0.3) is 0 Å². The molecule has 15 heavy (non-hydrogen) atoms. The van der Waals surface area contributed by atoms with Crippen LogP contribution in [-0.4, -0.2) is 19.2 Å². The van der Waals surface area contributed by atoms with Gasteiger partial charge in [-0.05, 0) is 24.3 Å². The van der Waals surface area contributed by atoms with Gasteiger partial charge in [0.15, 0.2) is 0 Å². The number of benzene rings is 1. The molecule has 0 radical (unpaired) electrons. The molecule has 0 aliphatic rings. The summed E-state index contributed by atoms with van der Waals surface area (Å²) in [6.07, 6.45) is 1.57. The van der Waals surface area contributed by atoms with Crippen LogP contribution in [0.2, 0.25) is 5.02 Å². The Bertz CT molecular complexity index is 349. The second kappa shape index (κ2) is 6.03. The number of nitrogens with zero attached hydrogens (tertiary/aromatic N) is 1. The molecule has 0 spiro atoms. The number of amides is 1. The van der Waals surface area contributed by atoms with Crippen molar-refractivity contribution in [2.24, 2.45) is 5.16 Å². The number of hydrogen-bond acceptors (Lipinski definition) is 3. The normalized spacial score (nSPS) is 10.3. The van der Waals surface area contributed by atoms with Gasteiger partial charge in [0.1, 0.15) is 7.11 Å². The van der Waals surface area contributed by atoms with Crippen LogP contribution in [0, 0.1) is 0 Å². The SMILES string of the molecule is CON=CCC(=O)Nc1ccc(Cl)cc1. The van der Waals surface area contributed by atoms with Crippen molar-refractivity contribution >= 4 is 29.4 Å². The van der Waals surface area contributed by atoms with Crippen molar-refractivity contribution in [1.82, 2.24) is 0 Å². The number of nitrogens with one attached hydrogen (secondary N) is 1. The minimum Gasteiger partial charge on any atom is -0.399 e. The highest BCUT2D eigenvalue weighted by Crippen LogP contribution is 2.13. The van der Waals surface area contributed by atoms with Crippen molar-refractivity contribution in [2.75, 3.05) is 12.4 Å². The standard InChI is InChI=1S/C10H11ClN2O2/c1-15-12-7-6-10(14)13-9-4-2-8(11)3-5-9/h2-5,7H,6H2,1H3,(H,13,14). The first kappa shape index (κ1) is 11.5. The fourth-order valence-electron chi connectivity index (χ4n) is 0.940. The Balaban J connectivity index is 2.44. The first-order chi connectivity index (χ1) is 7.22. The Hall–Kier alpha value is -1.55. The summed E-state index contributed by atoms with van der Waals surface area (Å²) in [5.41, 5.74) is 0.704. The van der Waals surface area contributed by atoms with E-state index in [1.54, 1.807) is 24.3 Å². The van der Waals surface area contributed by atoms with E-state index >= 15 is 0 Å². The van der Waals surface area contributed by atoms with Crippen molar-refractivity contribution in [3.05, 3.63) is 29.3 Å². The van der Waals surface area contributed by atoms with Gasteiger partial charge in [-0.2, -0.15) is 0 Å². The molecule has 0 atom stereocenters. The Morgan fingerprint density at radius 2 is 2.20 bits per heavy atom.